The number of halogens is 1. The second-order valence-electron chi connectivity index (χ2n) is 1.05. The van der Waals surface area contributed by atoms with Crippen LogP contribution in [-0.4, -0.2) is 26.2 Å². The first-order valence-electron chi connectivity index (χ1n) is 1.89. The summed E-state index contributed by atoms with van der Waals surface area (Å²) in [4.78, 5) is 3.96. The van der Waals surface area contributed by atoms with Gasteiger partial charge in [-0.2, -0.15) is 0 Å². The number of aromatic nitrogens is 2. The van der Waals surface area contributed by atoms with Gasteiger partial charge in [0.1, 0.15) is 0 Å². The van der Waals surface area contributed by atoms with Crippen molar-refractivity contribution in [2.45, 2.75) is 5.21 Å². The quantitative estimate of drug-likeness (QED) is 0.617. The van der Waals surface area contributed by atoms with Crippen LogP contribution in [0.15, 0.2) is 5.51 Å². The normalized spacial score (nSPS) is 8.12. The van der Waals surface area contributed by atoms with Crippen molar-refractivity contribution in [2.24, 2.45) is 0 Å². The van der Waals surface area contributed by atoms with Gasteiger partial charge in [0.25, 0.3) is 0 Å². The van der Waals surface area contributed by atoms with Crippen LogP contribution in [0, 0.1) is 0 Å². The number of nitrogens with zero attached hydrogens (tertiary/aromatic N) is 2. The van der Waals surface area contributed by atoms with Gasteiger partial charge >= 0.3 is 54.3 Å². The molecule has 0 fully saturated rings. The molecule has 0 bridgehead atoms. The average Bonchev–Trinajstić information content (AvgIpc) is 2.14. The van der Waals surface area contributed by atoms with Crippen LogP contribution in [0.4, 0.5) is 0 Å². The first kappa shape index (κ1) is 8.41. The van der Waals surface area contributed by atoms with Crippen LogP contribution in [-0.2, 0) is 5.21 Å². The zero-order valence-corrected chi connectivity index (χ0v) is 8.13. The fraction of sp³-hybridized carbons (Fsp3) is 0.333. The van der Waals surface area contributed by atoms with Gasteiger partial charge < -0.3 is 0 Å². The summed E-state index contributed by atoms with van der Waals surface area (Å²) in [5.74, 6) is 0.977. The molecule has 0 spiro atoms. The molecule has 1 rings (SSSR count). The van der Waals surface area contributed by atoms with Gasteiger partial charge in [0.15, 0.2) is 0 Å². The fourth-order valence-corrected chi connectivity index (χ4v) is 1.43. The van der Waals surface area contributed by atoms with Crippen LogP contribution in [0.25, 0.3) is 0 Å². The van der Waals surface area contributed by atoms with E-state index in [0.29, 0.717) is 0 Å². The van der Waals surface area contributed by atoms with Crippen LogP contribution in [0.1, 0.15) is 5.82 Å². The van der Waals surface area contributed by atoms with Crippen molar-refractivity contribution in [1.29, 1.82) is 0 Å². The van der Waals surface area contributed by atoms with E-state index in [2.05, 4.69) is 9.36 Å². The van der Waals surface area contributed by atoms with Gasteiger partial charge in [-0.3, -0.25) is 0 Å². The summed E-state index contributed by atoms with van der Waals surface area (Å²) in [6.45, 7) is 0. The molecule has 5 heteroatoms. The Bertz CT molecular complexity index is 132. The van der Waals surface area contributed by atoms with Crippen LogP contribution >= 0.6 is 23.9 Å². The molecular formula is C3H6AsClN2S. The van der Waals surface area contributed by atoms with Crippen LogP contribution in [0.3, 0.4) is 0 Å². The van der Waals surface area contributed by atoms with Crippen LogP contribution < -0.4 is 0 Å². The molecule has 0 saturated carbocycles. The molecule has 1 aromatic heterocycles. The first-order chi connectivity index (χ1) is 3.43. The SMILES string of the molecule is Cl.[AsH2]Cc1ncsn1. The minimum atomic E-state index is 0. The van der Waals surface area contributed by atoms with E-state index in [0.717, 1.165) is 11.0 Å². The van der Waals surface area contributed by atoms with Crippen molar-refractivity contribution in [3.63, 3.8) is 0 Å². The van der Waals surface area contributed by atoms with Gasteiger partial charge in [-0.25, -0.2) is 0 Å². The van der Waals surface area contributed by atoms with E-state index in [-0.39, 0.29) is 12.4 Å². The minimum absolute atomic E-state index is 0. The Hall–Kier alpha value is 0.408. The molecule has 0 saturated heterocycles. The molecule has 1 heterocycles. The predicted molar refractivity (Wildman–Crippen MR) is 39.4 cm³/mol. The third-order valence-corrected chi connectivity index (χ3v) is 1.87. The summed E-state index contributed by atoms with van der Waals surface area (Å²) in [6, 6.07) is 0. The Labute approximate surface area is 66.8 Å². The third kappa shape index (κ3) is 2.12. The van der Waals surface area contributed by atoms with Gasteiger partial charge in [0, 0.05) is 0 Å². The zero-order valence-electron chi connectivity index (χ0n) is 4.07. The van der Waals surface area contributed by atoms with Gasteiger partial charge in [-0.15, -0.1) is 12.4 Å². The molecule has 0 aliphatic carbocycles. The van der Waals surface area contributed by atoms with Gasteiger partial charge in [0.2, 0.25) is 0 Å². The molecular weight excluding hydrogens is 206 g/mol. The molecule has 1 aromatic rings. The summed E-state index contributed by atoms with van der Waals surface area (Å²) in [6.07, 6.45) is 0. The molecule has 0 aliphatic rings. The first-order valence-corrected chi connectivity index (χ1v) is 4.44. The van der Waals surface area contributed by atoms with E-state index >= 15 is 0 Å². The zero-order chi connectivity index (χ0) is 5.11. The van der Waals surface area contributed by atoms with Crippen molar-refractivity contribution in [3.05, 3.63) is 11.3 Å². The second kappa shape index (κ2) is 4.30. The molecule has 0 amide bonds. The van der Waals surface area contributed by atoms with E-state index in [1.54, 1.807) is 22.4 Å². The number of rotatable bonds is 1. The summed E-state index contributed by atoms with van der Waals surface area (Å²) in [7, 11) is 0. The van der Waals surface area contributed by atoms with Crippen molar-refractivity contribution in [2.75, 3.05) is 0 Å². The van der Waals surface area contributed by atoms with Gasteiger partial charge in [-0.05, 0) is 0 Å². The molecule has 2 nitrogen and oxygen atoms in total. The third-order valence-electron chi connectivity index (χ3n) is 0.590. The Morgan fingerprint density at radius 3 is 2.75 bits per heavy atom. The number of hydrogen-bond donors (Lipinski definition) is 0. The van der Waals surface area contributed by atoms with Crippen molar-refractivity contribution in [1.82, 2.24) is 9.36 Å². The summed E-state index contributed by atoms with van der Waals surface area (Å²) >= 11 is 3.07. The average molecular weight is 213 g/mol. The van der Waals surface area contributed by atoms with Gasteiger partial charge in [0.05, 0.1) is 0 Å². The topological polar surface area (TPSA) is 25.8 Å². The Morgan fingerprint density at radius 1 is 1.75 bits per heavy atom. The van der Waals surface area contributed by atoms with E-state index in [9.17, 15) is 0 Å². The Morgan fingerprint density at radius 2 is 2.50 bits per heavy atom. The molecule has 0 radical (unpaired) electrons. The van der Waals surface area contributed by atoms with Crippen LogP contribution in [0.5, 0.6) is 0 Å². The Balaban J connectivity index is 0.000000490. The molecule has 1 atom stereocenters. The monoisotopic (exact) mass is 212 g/mol. The summed E-state index contributed by atoms with van der Waals surface area (Å²) in [5.41, 5.74) is 1.76. The van der Waals surface area contributed by atoms with E-state index in [1.807, 2.05) is 0 Å². The van der Waals surface area contributed by atoms with Crippen molar-refractivity contribution < 1.29 is 0 Å². The molecule has 0 aliphatic heterocycles. The van der Waals surface area contributed by atoms with Crippen molar-refractivity contribution >= 4 is 40.8 Å². The van der Waals surface area contributed by atoms with Crippen molar-refractivity contribution in [3.8, 4) is 0 Å². The van der Waals surface area contributed by atoms with Gasteiger partial charge in [-0.1, -0.05) is 0 Å². The van der Waals surface area contributed by atoms with E-state index in [1.165, 1.54) is 11.5 Å². The predicted octanol–water partition coefficient (Wildman–Crippen LogP) is 0.0930. The summed E-state index contributed by atoms with van der Waals surface area (Å²) < 4.78 is 3.98. The maximum absolute atomic E-state index is 3.98. The van der Waals surface area contributed by atoms with Crippen LogP contribution in [0.2, 0.25) is 0 Å². The Kier molecular flexibility index (Phi) is 4.52. The molecule has 8 heavy (non-hydrogen) atoms. The number of hydrogen-bond acceptors (Lipinski definition) is 3. The fourth-order valence-electron chi connectivity index (χ4n) is 0.282. The standard InChI is InChI=1S/C3H5AsN2S.ClH/c4-1-3-5-2-7-6-3;/h2H,1,4H2;1H. The van der Waals surface area contributed by atoms with E-state index < -0.39 is 0 Å². The molecule has 0 N–H and O–H groups in total. The second-order valence-corrected chi connectivity index (χ2v) is 2.51. The molecule has 0 aromatic carbocycles. The van der Waals surface area contributed by atoms with E-state index in [4.69, 9.17) is 0 Å². The molecule has 46 valence electrons. The molecule has 1 unspecified atom stereocenters. The maximum atomic E-state index is 3.98. The summed E-state index contributed by atoms with van der Waals surface area (Å²) in [5, 5.41) is 1.01.